The Labute approximate surface area is 165 Å². The lowest BCUT2D eigenvalue weighted by atomic mass is 10.1. The van der Waals surface area contributed by atoms with E-state index in [4.69, 9.17) is 0 Å². The summed E-state index contributed by atoms with van der Waals surface area (Å²) in [4.78, 5) is 26.4. The summed E-state index contributed by atoms with van der Waals surface area (Å²) >= 11 is 3.38. The summed E-state index contributed by atoms with van der Waals surface area (Å²) in [5, 5.41) is 0. The van der Waals surface area contributed by atoms with Gasteiger partial charge in [-0.3, -0.25) is 4.79 Å². The van der Waals surface area contributed by atoms with Crippen molar-refractivity contribution < 1.29 is 4.79 Å². The van der Waals surface area contributed by atoms with E-state index in [0.717, 1.165) is 15.6 Å². The second-order valence-electron chi connectivity index (χ2n) is 5.87. The Bertz CT molecular complexity index is 1020. The zero-order chi connectivity index (χ0) is 18.6. The van der Waals surface area contributed by atoms with Gasteiger partial charge in [-0.2, -0.15) is 0 Å². The minimum absolute atomic E-state index is 0.130. The first-order valence-corrected chi connectivity index (χ1v) is 9.17. The number of aromatic nitrogens is 3. The van der Waals surface area contributed by atoms with Crippen molar-refractivity contribution in [3.8, 4) is 22.8 Å². The average molecular weight is 416 g/mol. The van der Waals surface area contributed by atoms with Gasteiger partial charge in [-0.25, -0.2) is 15.0 Å². The van der Waals surface area contributed by atoms with Crippen LogP contribution in [0.1, 0.15) is 16.2 Å². The summed E-state index contributed by atoms with van der Waals surface area (Å²) in [6.07, 6.45) is 0. The molecule has 4 aromatic rings. The quantitative estimate of drug-likeness (QED) is 0.429. The van der Waals surface area contributed by atoms with E-state index in [0.29, 0.717) is 17.2 Å². The van der Waals surface area contributed by atoms with Gasteiger partial charge >= 0.3 is 0 Å². The van der Waals surface area contributed by atoms with E-state index in [9.17, 15) is 4.79 Å². The number of carbonyl (C=O) groups excluding carboxylic acids is 1. The maximum absolute atomic E-state index is 13.0. The van der Waals surface area contributed by atoms with Crippen LogP contribution < -0.4 is 0 Å². The first-order chi connectivity index (χ1) is 13.2. The molecular formula is C22H14BrN3O. The molecule has 0 aliphatic rings. The number of benzene rings is 3. The molecule has 0 aliphatic carbocycles. The molecule has 5 heteroatoms. The van der Waals surface area contributed by atoms with Crippen LogP contribution in [-0.4, -0.2) is 20.7 Å². The molecule has 1 heterocycles. The molecule has 0 saturated carbocycles. The van der Waals surface area contributed by atoms with Gasteiger partial charge in [-0.15, -0.1) is 0 Å². The van der Waals surface area contributed by atoms with Gasteiger partial charge in [0.25, 0.3) is 0 Å². The standard InChI is InChI=1S/C22H14BrN3O/c23-18-13-11-15(12-14-18)19(27)22-25-20(16-7-3-1-4-8-16)24-21(26-22)17-9-5-2-6-10-17/h1-14H. The van der Waals surface area contributed by atoms with Crippen molar-refractivity contribution in [3.05, 3.63) is 101 Å². The Morgan fingerprint density at radius 3 is 1.59 bits per heavy atom. The maximum Gasteiger partial charge on any atom is 0.230 e. The third-order valence-corrected chi connectivity index (χ3v) is 4.54. The van der Waals surface area contributed by atoms with E-state index in [2.05, 4.69) is 30.9 Å². The van der Waals surface area contributed by atoms with Crippen molar-refractivity contribution in [2.24, 2.45) is 0 Å². The number of ketones is 1. The summed E-state index contributed by atoms with van der Waals surface area (Å²) in [5.74, 6) is 0.846. The van der Waals surface area contributed by atoms with Gasteiger partial charge in [0, 0.05) is 21.2 Å². The smallest absolute Gasteiger partial charge is 0.230 e. The van der Waals surface area contributed by atoms with Crippen LogP contribution in [-0.2, 0) is 0 Å². The van der Waals surface area contributed by atoms with Crippen molar-refractivity contribution >= 4 is 21.7 Å². The highest BCUT2D eigenvalue weighted by atomic mass is 79.9. The third kappa shape index (κ3) is 3.83. The minimum Gasteiger partial charge on any atom is -0.285 e. The highest BCUT2D eigenvalue weighted by Crippen LogP contribution is 2.21. The number of hydrogen-bond acceptors (Lipinski definition) is 4. The topological polar surface area (TPSA) is 55.7 Å². The summed E-state index contributed by atoms with van der Waals surface area (Å²) in [6.45, 7) is 0. The lowest BCUT2D eigenvalue weighted by molar-refractivity contribution is 0.102. The second-order valence-corrected chi connectivity index (χ2v) is 6.79. The lowest BCUT2D eigenvalue weighted by Gasteiger charge is -2.07. The average Bonchev–Trinajstić information content (AvgIpc) is 2.75. The van der Waals surface area contributed by atoms with Gasteiger partial charge in [0.15, 0.2) is 11.6 Å². The number of halogens is 1. The molecule has 0 radical (unpaired) electrons. The largest absolute Gasteiger partial charge is 0.285 e. The predicted molar refractivity (Wildman–Crippen MR) is 108 cm³/mol. The van der Waals surface area contributed by atoms with Crippen LogP contribution in [0.5, 0.6) is 0 Å². The molecule has 1 aromatic heterocycles. The Hall–Kier alpha value is -3.18. The fraction of sp³-hybridized carbons (Fsp3) is 0. The van der Waals surface area contributed by atoms with E-state index in [-0.39, 0.29) is 11.6 Å². The zero-order valence-electron chi connectivity index (χ0n) is 14.2. The molecule has 4 rings (SSSR count). The minimum atomic E-state index is -0.237. The van der Waals surface area contributed by atoms with Crippen molar-refractivity contribution in [3.63, 3.8) is 0 Å². The number of carbonyl (C=O) groups is 1. The van der Waals surface area contributed by atoms with Crippen LogP contribution in [0, 0.1) is 0 Å². The van der Waals surface area contributed by atoms with Gasteiger partial charge in [0.05, 0.1) is 0 Å². The van der Waals surface area contributed by atoms with E-state index >= 15 is 0 Å². The second kappa shape index (κ2) is 7.60. The van der Waals surface area contributed by atoms with E-state index in [1.54, 1.807) is 12.1 Å². The van der Waals surface area contributed by atoms with E-state index in [1.165, 1.54) is 0 Å². The number of rotatable bonds is 4. The Balaban J connectivity index is 1.85. The van der Waals surface area contributed by atoms with Crippen molar-refractivity contribution in [2.45, 2.75) is 0 Å². The summed E-state index contributed by atoms with van der Waals surface area (Å²) < 4.78 is 0.907. The molecule has 0 amide bonds. The highest BCUT2D eigenvalue weighted by molar-refractivity contribution is 9.10. The van der Waals surface area contributed by atoms with Crippen LogP contribution in [0.2, 0.25) is 0 Å². The number of hydrogen-bond donors (Lipinski definition) is 0. The Morgan fingerprint density at radius 1 is 0.630 bits per heavy atom. The van der Waals surface area contributed by atoms with E-state index < -0.39 is 0 Å². The van der Waals surface area contributed by atoms with E-state index in [1.807, 2.05) is 72.8 Å². The normalized spacial score (nSPS) is 10.6. The molecule has 0 N–H and O–H groups in total. The third-order valence-electron chi connectivity index (χ3n) is 4.01. The van der Waals surface area contributed by atoms with Crippen molar-refractivity contribution in [1.82, 2.24) is 15.0 Å². The molecule has 130 valence electrons. The fourth-order valence-electron chi connectivity index (χ4n) is 2.64. The number of nitrogens with zero attached hydrogens (tertiary/aromatic N) is 3. The Morgan fingerprint density at radius 2 is 1.11 bits per heavy atom. The lowest BCUT2D eigenvalue weighted by Crippen LogP contribution is -2.10. The van der Waals surface area contributed by atoms with Gasteiger partial charge in [0.1, 0.15) is 0 Å². The molecule has 0 aliphatic heterocycles. The van der Waals surface area contributed by atoms with Crippen LogP contribution in [0.3, 0.4) is 0 Å². The fourth-order valence-corrected chi connectivity index (χ4v) is 2.90. The molecule has 0 unspecified atom stereocenters. The van der Waals surface area contributed by atoms with Crippen LogP contribution in [0.4, 0.5) is 0 Å². The molecule has 0 saturated heterocycles. The predicted octanol–water partition coefficient (Wildman–Crippen LogP) is 5.20. The van der Waals surface area contributed by atoms with Gasteiger partial charge < -0.3 is 0 Å². The molecule has 0 spiro atoms. The van der Waals surface area contributed by atoms with Crippen LogP contribution in [0.25, 0.3) is 22.8 Å². The summed E-state index contributed by atoms with van der Waals surface area (Å²) in [5.41, 5.74) is 2.20. The Kier molecular flexibility index (Phi) is 4.85. The van der Waals surface area contributed by atoms with Crippen molar-refractivity contribution in [2.75, 3.05) is 0 Å². The maximum atomic E-state index is 13.0. The molecule has 3 aromatic carbocycles. The van der Waals surface area contributed by atoms with Crippen LogP contribution in [0.15, 0.2) is 89.4 Å². The summed E-state index contributed by atoms with van der Waals surface area (Å²) in [7, 11) is 0. The molecular weight excluding hydrogens is 402 g/mol. The zero-order valence-corrected chi connectivity index (χ0v) is 15.8. The molecule has 0 atom stereocenters. The van der Waals surface area contributed by atoms with Gasteiger partial charge in [-0.1, -0.05) is 76.6 Å². The van der Waals surface area contributed by atoms with Crippen molar-refractivity contribution in [1.29, 1.82) is 0 Å². The first-order valence-electron chi connectivity index (χ1n) is 8.38. The van der Waals surface area contributed by atoms with Crippen LogP contribution >= 0.6 is 15.9 Å². The summed E-state index contributed by atoms with van der Waals surface area (Å²) in [6, 6.07) is 26.3. The highest BCUT2D eigenvalue weighted by Gasteiger charge is 2.17. The molecule has 4 nitrogen and oxygen atoms in total. The molecule has 0 bridgehead atoms. The van der Waals surface area contributed by atoms with Gasteiger partial charge in [0.2, 0.25) is 11.6 Å². The first kappa shape index (κ1) is 17.2. The SMILES string of the molecule is O=C(c1ccc(Br)cc1)c1nc(-c2ccccc2)nc(-c2ccccc2)n1. The molecule has 0 fully saturated rings. The molecule has 27 heavy (non-hydrogen) atoms. The monoisotopic (exact) mass is 415 g/mol. The van der Waals surface area contributed by atoms with Gasteiger partial charge in [-0.05, 0) is 24.3 Å².